The molecule has 5 aliphatic rings. The zero-order valence-electron chi connectivity index (χ0n) is 31.5. The molecule has 292 valence electrons. The predicted octanol–water partition coefficient (Wildman–Crippen LogP) is 3.36. The molecule has 4 fully saturated rings. The van der Waals surface area contributed by atoms with E-state index < -0.39 is 6.04 Å². The molecule has 5 aliphatic heterocycles. The number of nitrogens with two attached hydrogens (primary N) is 1. The van der Waals surface area contributed by atoms with Crippen LogP contribution in [0.1, 0.15) is 90.2 Å². The zero-order valence-corrected chi connectivity index (χ0v) is 31.5. The summed E-state index contributed by atoms with van der Waals surface area (Å²) in [4.78, 5) is 63.3. The Morgan fingerprint density at radius 1 is 0.893 bits per heavy atom. The highest BCUT2D eigenvalue weighted by Gasteiger charge is 2.39. The fourth-order valence-electron chi connectivity index (χ4n) is 9.20. The van der Waals surface area contributed by atoms with Crippen LogP contribution in [0.5, 0.6) is 0 Å². The second-order valence-corrected chi connectivity index (χ2v) is 15.9. The van der Waals surface area contributed by atoms with E-state index in [0.717, 1.165) is 118 Å². The minimum Gasteiger partial charge on any atom is -0.372 e. The molecule has 0 radical (unpaired) electrons. The van der Waals surface area contributed by atoms with Gasteiger partial charge in [-0.25, -0.2) is 4.98 Å². The molecule has 7 heterocycles. The molecule has 0 aliphatic carbocycles. The highest BCUT2D eigenvalue weighted by atomic mass is 16.2. The van der Waals surface area contributed by atoms with E-state index in [4.69, 9.17) is 10.8 Å². The molecule has 2 aromatic heterocycles. The van der Waals surface area contributed by atoms with Crippen LogP contribution >= 0.6 is 0 Å². The van der Waals surface area contributed by atoms with Crippen molar-refractivity contribution in [1.29, 1.82) is 0 Å². The van der Waals surface area contributed by atoms with Crippen LogP contribution < -0.4 is 26.2 Å². The number of nitrogens with one attached hydrogen (secondary N) is 2. The summed E-state index contributed by atoms with van der Waals surface area (Å²) in [6.07, 6.45) is 11.8. The summed E-state index contributed by atoms with van der Waals surface area (Å²) in [6, 6.07) is 9.90. The molecule has 4 aromatic rings. The molecule has 1 unspecified atom stereocenters. The van der Waals surface area contributed by atoms with Crippen LogP contribution in [0.4, 0.5) is 23.0 Å². The molecular weight excluding hydrogens is 713 g/mol. The number of benzene rings is 2. The normalized spacial score (nSPS) is 21.5. The van der Waals surface area contributed by atoms with Crippen LogP contribution in [0.3, 0.4) is 0 Å². The lowest BCUT2D eigenvalue weighted by molar-refractivity contribution is -0.136. The largest absolute Gasteiger partial charge is 0.372 e. The number of aromatic nitrogens is 5. The van der Waals surface area contributed by atoms with Crippen molar-refractivity contribution in [2.45, 2.75) is 76.4 Å². The molecule has 16 heteroatoms. The quantitative estimate of drug-likeness (QED) is 0.223. The first-order chi connectivity index (χ1) is 27.3. The van der Waals surface area contributed by atoms with E-state index in [2.05, 4.69) is 63.5 Å². The highest BCUT2D eigenvalue weighted by molar-refractivity contribution is 6.07. The van der Waals surface area contributed by atoms with Gasteiger partial charge in [0, 0.05) is 81.6 Å². The van der Waals surface area contributed by atoms with E-state index in [0.29, 0.717) is 30.5 Å². The summed E-state index contributed by atoms with van der Waals surface area (Å²) in [6.45, 7) is 7.34. The number of carbonyl (C=O) groups excluding carboxylic acids is 4. The van der Waals surface area contributed by atoms with Gasteiger partial charge >= 0.3 is 0 Å². The fourth-order valence-corrected chi connectivity index (χ4v) is 9.20. The van der Waals surface area contributed by atoms with E-state index in [1.54, 1.807) is 4.90 Å². The standard InChI is InChI=1S/C40H48N12O4/c41-40-42-21-33(45-46-40)37(54)43-32-19-27-24-52(47-31(27)20-35(32)50-12-2-1-3-13-50)28-10-14-48(15-11-28)22-25-8-16-49(17-9-25)29-4-5-30-26(18-29)23-51(39(30)56)34-6-7-36(53)44-38(34)55/h4-5,18-21,24-25,28,34H,1-3,6-17,22-23H2,(H,43,54)(H2,41,42,46)(H,44,53,55). The zero-order chi connectivity index (χ0) is 38.3. The molecule has 0 spiro atoms. The van der Waals surface area contributed by atoms with Gasteiger partial charge in [-0.1, -0.05) is 0 Å². The van der Waals surface area contributed by atoms with Gasteiger partial charge in [-0.05, 0) is 93.2 Å². The van der Waals surface area contributed by atoms with Crippen LogP contribution in [0.25, 0.3) is 10.9 Å². The van der Waals surface area contributed by atoms with E-state index in [9.17, 15) is 19.2 Å². The first kappa shape index (κ1) is 36.0. The molecule has 2 aromatic carbocycles. The van der Waals surface area contributed by atoms with Gasteiger partial charge < -0.3 is 30.7 Å². The minimum atomic E-state index is -0.598. The number of hydrogen-bond donors (Lipinski definition) is 3. The fraction of sp³-hybridized carbons (Fsp3) is 0.500. The molecule has 56 heavy (non-hydrogen) atoms. The number of fused-ring (bicyclic) bond motifs is 2. The van der Waals surface area contributed by atoms with Crippen LogP contribution in [0.15, 0.2) is 42.7 Å². The Morgan fingerprint density at radius 2 is 1.70 bits per heavy atom. The SMILES string of the molecule is Nc1ncc(C(=O)Nc2cc3cn(C4CCN(CC5CCN(c6ccc7c(c6)CN(C6CCC(=O)NC6=O)C7=O)CC5)CC4)nc3cc2N2CCCCC2)nn1. The number of anilines is 4. The summed E-state index contributed by atoms with van der Waals surface area (Å²) < 4.78 is 2.13. The lowest BCUT2D eigenvalue weighted by Crippen LogP contribution is -2.52. The monoisotopic (exact) mass is 760 g/mol. The summed E-state index contributed by atoms with van der Waals surface area (Å²) in [5.74, 6) is -0.519. The van der Waals surface area contributed by atoms with Gasteiger partial charge in [0.05, 0.1) is 29.1 Å². The van der Waals surface area contributed by atoms with E-state index in [-0.39, 0.29) is 41.7 Å². The van der Waals surface area contributed by atoms with Crippen LogP contribution in [-0.2, 0) is 16.1 Å². The maximum atomic E-state index is 13.2. The Morgan fingerprint density at radius 3 is 2.45 bits per heavy atom. The Labute approximate surface area is 324 Å². The average Bonchev–Trinajstić information content (AvgIpc) is 3.78. The lowest BCUT2D eigenvalue weighted by Gasteiger charge is -2.38. The number of nitrogen functional groups attached to an aromatic ring is 1. The molecule has 1 atom stereocenters. The Bertz CT molecular complexity index is 2150. The lowest BCUT2D eigenvalue weighted by atomic mass is 9.94. The van der Waals surface area contributed by atoms with Crippen molar-refractivity contribution in [1.82, 2.24) is 40.1 Å². The van der Waals surface area contributed by atoms with Crippen molar-refractivity contribution in [2.24, 2.45) is 5.92 Å². The van der Waals surface area contributed by atoms with Crippen molar-refractivity contribution in [3.8, 4) is 0 Å². The molecule has 4 N–H and O–H groups in total. The first-order valence-corrected chi connectivity index (χ1v) is 20.0. The Balaban J connectivity index is 0.795. The van der Waals surface area contributed by atoms with Gasteiger partial charge in [0.2, 0.25) is 17.8 Å². The van der Waals surface area contributed by atoms with Gasteiger partial charge in [0.15, 0.2) is 5.69 Å². The number of amides is 4. The molecule has 9 rings (SSSR count). The molecular formula is C40H48N12O4. The molecule has 0 saturated carbocycles. The molecule has 16 nitrogen and oxygen atoms in total. The van der Waals surface area contributed by atoms with Gasteiger partial charge in [-0.2, -0.15) is 5.10 Å². The van der Waals surface area contributed by atoms with Crippen LogP contribution in [0, 0.1) is 5.92 Å². The Hall–Kier alpha value is -5.64. The van der Waals surface area contributed by atoms with Crippen molar-refractivity contribution < 1.29 is 19.2 Å². The molecule has 0 bridgehead atoms. The van der Waals surface area contributed by atoms with E-state index in [1.165, 1.54) is 12.6 Å². The summed E-state index contributed by atoms with van der Waals surface area (Å²) in [7, 11) is 0. The smallest absolute Gasteiger partial charge is 0.277 e. The minimum absolute atomic E-state index is 0.0213. The van der Waals surface area contributed by atoms with E-state index >= 15 is 0 Å². The number of rotatable bonds is 8. The second kappa shape index (κ2) is 15.1. The van der Waals surface area contributed by atoms with Gasteiger partial charge in [0.25, 0.3) is 11.8 Å². The van der Waals surface area contributed by atoms with Crippen molar-refractivity contribution in [3.05, 3.63) is 59.5 Å². The maximum Gasteiger partial charge on any atom is 0.277 e. The number of imide groups is 1. The number of likely N-dealkylation sites (tertiary alicyclic amines) is 1. The molecule has 4 amide bonds. The van der Waals surface area contributed by atoms with E-state index in [1.807, 2.05) is 18.2 Å². The van der Waals surface area contributed by atoms with Gasteiger partial charge in [-0.15, -0.1) is 10.2 Å². The van der Waals surface area contributed by atoms with Crippen molar-refractivity contribution in [2.75, 3.05) is 66.7 Å². The number of piperidine rings is 4. The summed E-state index contributed by atoms with van der Waals surface area (Å²) >= 11 is 0. The van der Waals surface area contributed by atoms with Crippen LogP contribution in [0.2, 0.25) is 0 Å². The third kappa shape index (κ3) is 7.24. The van der Waals surface area contributed by atoms with Crippen molar-refractivity contribution >= 4 is 57.5 Å². The number of carbonyl (C=O) groups is 4. The maximum absolute atomic E-state index is 13.2. The average molecular weight is 761 g/mol. The van der Waals surface area contributed by atoms with Gasteiger partial charge in [0.1, 0.15) is 6.04 Å². The summed E-state index contributed by atoms with van der Waals surface area (Å²) in [5, 5.41) is 19.2. The number of hydrogen-bond acceptors (Lipinski definition) is 12. The number of nitrogens with zero attached hydrogens (tertiary/aromatic N) is 9. The molecule has 4 saturated heterocycles. The predicted molar refractivity (Wildman–Crippen MR) is 210 cm³/mol. The second-order valence-electron chi connectivity index (χ2n) is 15.9. The van der Waals surface area contributed by atoms with Gasteiger partial charge in [-0.3, -0.25) is 29.2 Å². The topological polar surface area (TPSA) is 188 Å². The summed E-state index contributed by atoms with van der Waals surface area (Å²) in [5.41, 5.74) is 11.0. The highest BCUT2D eigenvalue weighted by Crippen LogP contribution is 2.36. The third-order valence-corrected chi connectivity index (χ3v) is 12.3. The Kier molecular flexibility index (Phi) is 9.73. The van der Waals surface area contributed by atoms with Crippen LogP contribution in [-0.4, -0.2) is 110 Å². The first-order valence-electron chi connectivity index (χ1n) is 20.0. The van der Waals surface area contributed by atoms with Crippen molar-refractivity contribution in [3.63, 3.8) is 0 Å². The third-order valence-electron chi connectivity index (χ3n) is 12.3.